The van der Waals surface area contributed by atoms with E-state index in [0.717, 1.165) is 33.5 Å². The molecule has 0 saturated heterocycles. The molecule has 6 aromatic rings. The Hall–Kier alpha value is -4.04. The number of aromatic nitrogens is 2. The highest BCUT2D eigenvalue weighted by molar-refractivity contribution is 6.01. The normalized spacial score (nSPS) is 11.4. The van der Waals surface area contributed by atoms with Crippen molar-refractivity contribution in [2.75, 3.05) is 0 Å². The van der Waals surface area contributed by atoms with E-state index in [4.69, 9.17) is 9.97 Å². The number of hydrogen-bond donors (Lipinski definition) is 0. The summed E-state index contributed by atoms with van der Waals surface area (Å²) >= 11 is 0. The average Bonchev–Trinajstić information content (AvgIpc) is 2.83. The predicted octanol–water partition coefficient (Wildman–Crippen LogP) is 7.89. The minimum Gasteiger partial charge on any atom is -0.244 e. The molecule has 32 heavy (non-hydrogen) atoms. The molecular formula is C30H22N2. The number of fused-ring (bicyclic) bond motifs is 3. The Morgan fingerprint density at radius 2 is 1.12 bits per heavy atom. The number of rotatable bonds is 2. The topological polar surface area (TPSA) is 25.8 Å². The molecular weight excluding hydrogens is 388 g/mol. The zero-order valence-corrected chi connectivity index (χ0v) is 18.1. The van der Waals surface area contributed by atoms with Crippen LogP contribution in [0.5, 0.6) is 0 Å². The first kappa shape index (κ1) is 18.7. The second kappa shape index (κ2) is 7.28. The summed E-state index contributed by atoms with van der Waals surface area (Å²) in [4.78, 5) is 10.4. The first-order chi connectivity index (χ1) is 15.7. The van der Waals surface area contributed by atoms with Crippen LogP contribution in [0, 0.1) is 13.8 Å². The summed E-state index contributed by atoms with van der Waals surface area (Å²) in [7, 11) is 0. The van der Waals surface area contributed by atoms with E-state index in [9.17, 15) is 0 Å². The molecule has 0 aliphatic carbocycles. The van der Waals surface area contributed by atoms with Crippen LogP contribution in [0.15, 0.2) is 97.1 Å². The van der Waals surface area contributed by atoms with Crippen LogP contribution in [-0.4, -0.2) is 9.97 Å². The molecule has 0 fully saturated rings. The van der Waals surface area contributed by atoms with Crippen molar-refractivity contribution in [3.8, 4) is 22.5 Å². The number of benzene rings is 5. The Morgan fingerprint density at radius 3 is 1.91 bits per heavy atom. The van der Waals surface area contributed by atoms with Gasteiger partial charge in [0.15, 0.2) is 0 Å². The fourth-order valence-electron chi connectivity index (χ4n) is 4.47. The van der Waals surface area contributed by atoms with E-state index in [1.807, 2.05) is 0 Å². The SMILES string of the molecule is Cc1cc2nc(-c3ccc4ccccc4c3)c(-c3cccc4ccccc34)nc2cc1C. The Bertz CT molecular complexity index is 1640. The fourth-order valence-corrected chi connectivity index (χ4v) is 4.47. The molecule has 1 aromatic heterocycles. The lowest BCUT2D eigenvalue weighted by Crippen LogP contribution is -1.97. The van der Waals surface area contributed by atoms with Crippen molar-refractivity contribution >= 4 is 32.6 Å². The molecule has 2 nitrogen and oxygen atoms in total. The van der Waals surface area contributed by atoms with Crippen molar-refractivity contribution in [3.05, 3.63) is 108 Å². The molecule has 0 spiro atoms. The van der Waals surface area contributed by atoms with Gasteiger partial charge in [-0.1, -0.05) is 78.9 Å². The van der Waals surface area contributed by atoms with E-state index in [1.165, 1.54) is 32.7 Å². The smallest absolute Gasteiger partial charge is 0.0979 e. The molecule has 6 rings (SSSR count). The summed E-state index contributed by atoms with van der Waals surface area (Å²) in [5.41, 5.74) is 8.36. The summed E-state index contributed by atoms with van der Waals surface area (Å²) in [5.74, 6) is 0. The summed E-state index contributed by atoms with van der Waals surface area (Å²) < 4.78 is 0. The van der Waals surface area contributed by atoms with Gasteiger partial charge in [0.05, 0.1) is 22.4 Å². The molecule has 0 unspecified atom stereocenters. The van der Waals surface area contributed by atoms with Gasteiger partial charge < -0.3 is 0 Å². The van der Waals surface area contributed by atoms with Crippen LogP contribution in [0.2, 0.25) is 0 Å². The van der Waals surface area contributed by atoms with Crippen LogP contribution in [0.3, 0.4) is 0 Å². The van der Waals surface area contributed by atoms with Gasteiger partial charge in [-0.3, -0.25) is 0 Å². The minimum atomic E-state index is 0.919. The molecule has 0 radical (unpaired) electrons. The maximum atomic E-state index is 5.19. The van der Waals surface area contributed by atoms with Gasteiger partial charge in [0.1, 0.15) is 0 Å². The number of nitrogens with zero attached hydrogens (tertiary/aromatic N) is 2. The van der Waals surface area contributed by atoms with Crippen molar-refractivity contribution in [1.29, 1.82) is 0 Å². The van der Waals surface area contributed by atoms with Crippen LogP contribution in [0.1, 0.15) is 11.1 Å². The predicted molar refractivity (Wildman–Crippen MR) is 135 cm³/mol. The van der Waals surface area contributed by atoms with Gasteiger partial charge in [-0.15, -0.1) is 0 Å². The van der Waals surface area contributed by atoms with Crippen molar-refractivity contribution in [2.24, 2.45) is 0 Å². The van der Waals surface area contributed by atoms with Crippen molar-refractivity contribution < 1.29 is 0 Å². The van der Waals surface area contributed by atoms with Crippen molar-refractivity contribution in [2.45, 2.75) is 13.8 Å². The molecule has 0 bridgehead atoms. The molecule has 0 atom stereocenters. The third-order valence-electron chi connectivity index (χ3n) is 6.35. The van der Waals surface area contributed by atoms with E-state index in [1.54, 1.807) is 0 Å². The van der Waals surface area contributed by atoms with Gasteiger partial charge in [0, 0.05) is 11.1 Å². The average molecular weight is 411 g/mol. The zero-order valence-electron chi connectivity index (χ0n) is 18.1. The highest BCUT2D eigenvalue weighted by Gasteiger charge is 2.16. The Morgan fingerprint density at radius 1 is 0.500 bits per heavy atom. The van der Waals surface area contributed by atoms with E-state index in [-0.39, 0.29) is 0 Å². The third kappa shape index (κ3) is 3.04. The van der Waals surface area contributed by atoms with Crippen LogP contribution < -0.4 is 0 Å². The Labute approximate surface area is 187 Å². The molecule has 0 aliphatic rings. The lowest BCUT2D eigenvalue weighted by atomic mass is 9.96. The minimum absolute atomic E-state index is 0.919. The molecule has 0 aliphatic heterocycles. The third-order valence-corrected chi connectivity index (χ3v) is 6.35. The first-order valence-electron chi connectivity index (χ1n) is 10.9. The molecule has 0 N–H and O–H groups in total. The summed E-state index contributed by atoms with van der Waals surface area (Å²) in [6.45, 7) is 4.26. The van der Waals surface area contributed by atoms with Crippen LogP contribution in [0.4, 0.5) is 0 Å². The lowest BCUT2D eigenvalue weighted by Gasteiger charge is -2.14. The standard InChI is InChI=1S/C30H22N2/c1-19-16-27-28(17-20(19)2)32-30(26-13-7-11-22-9-5-6-12-25(22)26)29(31-27)24-15-14-21-8-3-4-10-23(21)18-24/h3-18H,1-2H3. The first-order valence-corrected chi connectivity index (χ1v) is 10.9. The van der Waals surface area contributed by atoms with Gasteiger partial charge in [-0.2, -0.15) is 0 Å². The molecule has 2 heteroatoms. The van der Waals surface area contributed by atoms with Gasteiger partial charge in [0.25, 0.3) is 0 Å². The summed E-state index contributed by atoms with van der Waals surface area (Å²) in [6, 6.07) is 34.2. The zero-order chi connectivity index (χ0) is 21.7. The van der Waals surface area contributed by atoms with Gasteiger partial charge in [0.2, 0.25) is 0 Å². The fraction of sp³-hybridized carbons (Fsp3) is 0.0667. The highest BCUT2D eigenvalue weighted by Crippen LogP contribution is 2.36. The second-order valence-electron chi connectivity index (χ2n) is 8.43. The van der Waals surface area contributed by atoms with Crippen LogP contribution in [0.25, 0.3) is 55.1 Å². The Balaban J connectivity index is 1.71. The monoisotopic (exact) mass is 410 g/mol. The maximum Gasteiger partial charge on any atom is 0.0979 e. The largest absolute Gasteiger partial charge is 0.244 e. The van der Waals surface area contributed by atoms with Crippen LogP contribution >= 0.6 is 0 Å². The Kier molecular flexibility index (Phi) is 4.26. The molecule has 0 amide bonds. The van der Waals surface area contributed by atoms with E-state index >= 15 is 0 Å². The van der Waals surface area contributed by atoms with Crippen LogP contribution in [-0.2, 0) is 0 Å². The van der Waals surface area contributed by atoms with Gasteiger partial charge >= 0.3 is 0 Å². The van der Waals surface area contributed by atoms with Crippen molar-refractivity contribution in [3.63, 3.8) is 0 Å². The molecule has 152 valence electrons. The molecule has 5 aromatic carbocycles. The van der Waals surface area contributed by atoms with Gasteiger partial charge in [-0.25, -0.2) is 9.97 Å². The lowest BCUT2D eigenvalue weighted by molar-refractivity contribution is 1.27. The van der Waals surface area contributed by atoms with E-state index < -0.39 is 0 Å². The molecule has 0 saturated carbocycles. The quantitative estimate of drug-likeness (QED) is 0.290. The van der Waals surface area contributed by atoms with E-state index in [2.05, 4.69) is 111 Å². The summed E-state index contributed by atoms with van der Waals surface area (Å²) in [5, 5.41) is 4.82. The second-order valence-corrected chi connectivity index (χ2v) is 8.43. The van der Waals surface area contributed by atoms with E-state index in [0.29, 0.717) is 0 Å². The number of aryl methyl sites for hydroxylation is 2. The summed E-state index contributed by atoms with van der Waals surface area (Å²) in [6.07, 6.45) is 0. The van der Waals surface area contributed by atoms with Gasteiger partial charge in [-0.05, 0) is 64.7 Å². The van der Waals surface area contributed by atoms with Crippen molar-refractivity contribution in [1.82, 2.24) is 9.97 Å². The highest BCUT2D eigenvalue weighted by atomic mass is 14.8. The number of hydrogen-bond acceptors (Lipinski definition) is 2. The maximum absolute atomic E-state index is 5.19. The molecule has 1 heterocycles.